The summed E-state index contributed by atoms with van der Waals surface area (Å²) in [6.07, 6.45) is 10.7. The molecular formula is C19H31N3O3S. The zero-order chi connectivity index (χ0) is 18.4. The fourth-order valence-corrected chi connectivity index (χ4v) is 5.46. The fraction of sp³-hybridized carbons (Fsp3) is 0.737. The van der Waals surface area contributed by atoms with Crippen molar-refractivity contribution in [2.45, 2.75) is 68.8 Å². The van der Waals surface area contributed by atoms with Crippen molar-refractivity contribution in [2.24, 2.45) is 5.92 Å². The molecule has 0 spiro atoms. The summed E-state index contributed by atoms with van der Waals surface area (Å²) in [5.74, 6) is 1.13. The number of hydrogen-bond acceptors (Lipinski definition) is 5. The van der Waals surface area contributed by atoms with Crippen molar-refractivity contribution in [1.82, 2.24) is 9.29 Å². The van der Waals surface area contributed by atoms with E-state index in [4.69, 9.17) is 0 Å². The van der Waals surface area contributed by atoms with Gasteiger partial charge in [0.15, 0.2) is 0 Å². The molecule has 0 bridgehead atoms. The van der Waals surface area contributed by atoms with E-state index in [9.17, 15) is 13.5 Å². The Morgan fingerprint density at radius 1 is 1.12 bits per heavy atom. The van der Waals surface area contributed by atoms with Crippen molar-refractivity contribution in [1.29, 1.82) is 0 Å². The van der Waals surface area contributed by atoms with Gasteiger partial charge in [-0.15, -0.1) is 0 Å². The minimum absolute atomic E-state index is 0.138. The van der Waals surface area contributed by atoms with Crippen LogP contribution < -0.4 is 5.32 Å². The van der Waals surface area contributed by atoms with Crippen molar-refractivity contribution in [3.8, 4) is 0 Å². The normalized spacial score (nSPS) is 25.1. The molecule has 1 aromatic heterocycles. The highest BCUT2D eigenvalue weighted by atomic mass is 32.2. The highest BCUT2D eigenvalue weighted by Crippen LogP contribution is 2.28. The van der Waals surface area contributed by atoms with E-state index in [1.165, 1.54) is 12.6 Å². The van der Waals surface area contributed by atoms with Crippen LogP contribution in [0.25, 0.3) is 0 Å². The molecule has 26 heavy (non-hydrogen) atoms. The van der Waals surface area contributed by atoms with Crippen LogP contribution in [0.2, 0.25) is 0 Å². The Balaban J connectivity index is 1.47. The van der Waals surface area contributed by atoms with Gasteiger partial charge in [-0.05, 0) is 56.6 Å². The third kappa shape index (κ3) is 4.96. The van der Waals surface area contributed by atoms with Gasteiger partial charge in [0.05, 0.1) is 6.10 Å². The number of anilines is 1. The van der Waals surface area contributed by atoms with Crippen LogP contribution in [0, 0.1) is 5.92 Å². The largest absolute Gasteiger partial charge is 0.393 e. The highest BCUT2D eigenvalue weighted by Gasteiger charge is 2.26. The number of sulfonamides is 1. The highest BCUT2D eigenvalue weighted by molar-refractivity contribution is 7.89. The molecule has 3 rings (SSSR count). The van der Waals surface area contributed by atoms with E-state index >= 15 is 0 Å². The fourth-order valence-electron chi connectivity index (χ4n) is 4.00. The molecule has 1 aromatic rings. The van der Waals surface area contributed by atoms with E-state index in [0.717, 1.165) is 57.9 Å². The zero-order valence-corrected chi connectivity index (χ0v) is 16.3. The number of hydrogen-bond donors (Lipinski definition) is 2. The first-order valence-corrected chi connectivity index (χ1v) is 11.4. The number of piperidine rings is 1. The smallest absolute Gasteiger partial charge is 0.244 e. The summed E-state index contributed by atoms with van der Waals surface area (Å²) >= 11 is 0. The minimum atomic E-state index is -3.41. The van der Waals surface area contributed by atoms with E-state index < -0.39 is 10.0 Å². The van der Waals surface area contributed by atoms with Crippen LogP contribution in [0.3, 0.4) is 0 Å². The number of rotatable bonds is 7. The first-order chi connectivity index (χ1) is 12.6. The molecule has 7 heteroatoms. The van der Waals surface area contributed by atoms with Gasteiger partial charge in [-0.2, -0.15) is 4.31 Å². The second-order valence-corrected chi connectivity index (χ2v) is 9.46. The molecule has 6 nitrogen and oxygen atoms in total. The molecule has 2 heterocycles. The lowest BCUT2D eigenvalue weighted by molar-refractivity contribution is 0.0648. The maximum absolute atomic E-state index is 12.6. The Labute approximate surface area is 157 Å². The first kappa shape index (κ1) is 19.6. The maximum atomic E-state index is 12.6. The lowest BCUT2D eigenvalue weighted by atomic mass is 9.83. The average Bonchev–Trinajstić information content (AvgIpc) is 2.67. The Morgan fingerprint density at radius 2 is 1.88 bits per heavy atom. The monoisotopic (exact) mass is 381 g/mol. The zero-order valence-electron chi connectivity index (χ0n) is 15.4. The number of nitrogens with one attached hydrogen (secondary N) is 1. The number of aliphatic hydroxyl groups excluding tert-OH is 1. The van der Waals surface area contributed by atoms with E-state index in [-0.39, 0.29) is 11.0 Å². The van der Waals surface area contributed by atoms with Crippen LogP contribution >= 0.6 is 0 Å². The van der Waals surface area contributed by atoms with Crippen LogP contribution in [-0.2, 0) is 10.0 Å². The van der Waals surface area contributed by atoms with Crippen molar-refractivity contribution in [3.05, 3.63) is 18.3 Å². The van der Waals surface area contributed by atoms with Gasteiger partial charge >= 0.3 is 0 Å². The predicted octanol–water partition coefficient (Wildman–Crippen LogP) is 3.00. The van der Waals surface area contributed by atoms with Gasteiger partial charge < -0.3 is 10.4 Å². The van der Waals surface area contributed by atoms with Crippen LogP contribution in [0.1, 0.15) is 57.8 Å². The SMILES string of the molecule is O=S(=O)(c1ccc(NCCCC2CCCCC2O)nc1)N1CCCCC1. The molecular weight excluding hydrogens is 350 g/mol. The molecule has 2 unspecified atom stereocenters. The minimum Gasteiger partial charge on any atom is -0.393 e. The van der Waals surface area contributed by atoms with Crippen molar-refractivity contribution >= 4 is 15.8 Å². The molecule has 2 N–H and O–H groups in total. The number of nitrogens with zero attached hydrogens (tertiary/aromatic N) is 2. The Bertz CT molecular complexity index is 657. The summed E-state index contributed by atoms with van der Waals surface area (Å²) in [5, 5.41) is 13.3. The van der Waals surface area contributed by atoms with Gasteiger partial charge in [-0.1, -0.05) is 19.3 Å². The molecule has 0 radical (unpaired) electrons. The maximum Gasteiger partial charge on any atom is 0.244 e. The molecule has 0 amide bonds. The Kier molecular flexibility index (Phi) is 6.89. The van der Waals surface area contributed by atoms with Crippen molar-refractivity contribution in [3.63, 3.8) is 0 Å². The number of pyridine rings is 1. The standard InChI is InChI=1S/C19H31N3O3S/c23-18-9-3-2-7-16(18)8-6-12-20-19-11-10-17(15-21-19)26(24,25)22-13-4-1-5-14-22/h10-11,15-16,18,23H,1-9,12-14H2,(H,20,21). The van der Waals surface area contributed by atoms with Crippen molar-refractivity contribution < 1.29 is 13.5 Å². The average molecular weight is 382 g/mol. The van der Waals surface area contributed by atoms with Crippen LogP contribution in [0.5, 0.6) is 0 Å². The summed E-state index contributed by atoms with van der Waals surface area (Å²) in [6.45, 7) is 2.00. The Morgan fingerprint density at radius 3 is 2.58 bits per heavy atom. The van der Waals surface area contributed by atoms with Gasteiger partial charge in [0, 0.05) is 25.8 Å². The molecule has 2 atom stereocenters. The number of aromatic nitrogens is 1. The Hall–Kier alpha value is -1.18. The van der Waals surface area contributed by atoms with Gasteiger partial charge in [0.25, 0.3) is 0 Å². The summed E-state index contributed by atoms with van der Waals surface area (Å²) in [4.78, 5) is 4.55. The van der Waals surface area contributed by atoms with Gasteiger partial charge in [-0.25, -0.2) is 13.4 Å². The first-order valence-electron chi connectivity index (χ1n) is 9.95. The molecule has 2 aliphatic rings. The molecule has 2 fully saturated rings. The van der Waals surface area contributed by atoms with Crippen molar-refractivity contribution in [2.75, 3.05) is 25.0 Å². The van der Waals surface area contributed by atoms with E-state index in [1.807, 2.05) is 0 Å². The lowest BCUT2D eigenvalue weighted by Crippen LogP contribution is -2.35. The van der Waals surface area contributed by atoms with E-state index in [1.54, 1.807) is 16.4 Å². The van der Waals surface area contributed by atoms with Crippen LogP contribution in [0.4, 0.5) is 5.82 Å². The second kappa shape index (κ2) is 9.15. The summed E-state index contributed by atoms with van der Waals surface area (Å²) in [7, 11) is -3.41. The summed E-state index contributed by atoms with van der Waals surface area (Å²) in [5.41, 5.74) is 0. The number of aliphatic hydroxyl groups is 1. The molecule has 1 saturated carbocycles. The van der Waals surface area contributed by atoms with Gasteiger partial charge in [0.2, 0.25) is 10.0 Å². The molecule has 1 aliphatic carbocycles. The van der Waals surface area contributed by atoms with Gasteiger partial charge in [0.1, 0.15) is 10.7 Å². The molecule has 146 valence electrons. The third-order valence-electron chi connectivity index (χ3n) is 5.62. The van der Waals surface area contributed by atoms with Gasteiger partial charge in [-0.3, -0.25) is 0 Å². The summed E-state index contributed by atoms with van der Waals surface area (Å²) in [6, 6.07) is 3.39. The van der Waals surface area contributed by atoms with E-state index in [0.29, 0.717) is 24.8 Å². The van der Waals surface area contributed by atoms with Crippen LogP contribution in [-0.4, -0.2) is 48.6 Å². The lowest BCUT2D eigenvalue weighted by Gasteiger charge is -2.27. The van der Waals surface area contributed by atoms with E-state index in [2.05, 4.69) is 10.3 Å². The second-order valence-electron chi connectivity index (χ2n) is 7.52. The topological polar surface area (TPSA) is 82.5 Å². The van der Waals surface area contributed by atoms with Crippen LogP contribution in [0.15, 0.2) is 23.2 Å². The molecule has 0 aromatic carbocycles. The quantitative estimate of drug-likeness (QED) is 0.710. The predicted molar refractivity (Wildman–Crippen MR) is 103 cm³/mol. The molecule has 1 saturated heterocycles. The molecule has 1 aliphatic heterocycles. The summed E-state index contributed by atoms with van der Waals surface area (Å²) < 4.78 is 26.8. The third-order valence-corrected chi connectivity index (χ3v) is 7.50.